The first-order chi connectivity index (χ1) is 7.19. The Balaban J connectivity index is 2.35. The highest BCUT2D eigenvalue weighted by atomic mass is 32.2. The van der Waals surface area contributed by atoms with Gasteiger partial charge in [-0.1, -0.05) is 0 Å². The van der Waals surface area contributed by atoms with E-state index in [0.29, 0.717) is 0 Å². The van der Waals surface area contributed by atoms with Gasteiger partial charge in [-0.15, -0.1) is 11.8 Å². The van der Waals surface area contributed by atoms with Gasteiger partial charge in [0.05, 0.1) is 11.3 Å². The third kappa shape index (κ3) is 3.66. The monoisotopic (exact) mass is 233 g/mol. The molecule has 2 atom stereocenters. The molecular weight excluding hydrogens is 214 g/mol. The van der Waals surface area contributed by atoms with E-state index in [2.05, 4.69) is 5.32 Å². The quantitative estimate of drug-likeness (QED) is 0.720. The van der Waals surface area contributed by atoms with Crippen LogP contribution in [0.2, 0.25) is 0 Å². The van der Waals surface area contributed by atoms with Crippen LogP contribution >= 0.6 is 11.8 Å². The first-order valence-corrected chi connectivity index (χ1v) is 6.21. The lowest BCUT2D eigenvalue weighted by atomic mass is 10.2. The summed E-state index contributed by atoms with van der Waals surface area (Å²) in [4.78, 5) is 11.7. The van der Waals surface area contributed by atoms with E-state index < -0.39 is 0 Å². The van der Waals surface area contributed by atoms with Crippen molar-refractivity contribution in [3.05, 3.63) is 0 Å². The molecule has 1 heterocycles. The summed E-state index contributed by atoms with van der Waals surface area (Å²) in [5.41, 5.74) is 0. The SMILES string of the molecule is COC(OC)C(C)NC(=O)C1CCCS1. The van der Waals surface area contributed by atoms with E-state index in [-0.39, 0.29) is 23.5 Å². The summed E-state index contributed by atoms with van der Waals surface area (Å²) < 4.78 is 10.2. The molecular formula is C10H19NO3S. The van der Waals surface area contributed by atoms with Crippen LogP contribution in [0, 0.1) is 0 Å². The summed E-state index contributed by atoms with van der Waals surface area (Å²) >= 11 is 1.73. The normalized spacial score (nSPS) is 23.1. The molecule has 1 rings (SSSR count). The molecule has 5 heteroatoms. The fourth-order valence-electron chi connectivity index (χ4n) is 1.67. The number of nitrogens with one attached hydrogen (secondary N) is 1. The predicted molar refractivity (Wildman–Crippen MR) is 60.9 cm³/mol. The van der Waals surface area contributed by atoms with Crippen LogP contribution in [0.3, 0.4) is 0 Å². The van der Waals surface area contributed by atoms with Crippen molar-refractivity contribution in [2.75, 3.05) is 20.0 Å². The molecule has 0 aromatic heterocycles. The van der Waals surface area contributed by atoms with E-state index >= 15 is 0 Å². The number of ether oxygens (including phenoxy) is 2. The summed E-state index contributed by atoms with van der Waals surface area (Å²) in [7, 11) is 3.14. The number of carbonyl (C=O) groups excluding carboxylic acids is 1. The molecule has 15 heavy (non-hydrogen) atoms. The van der Waals surface area contributed by atoms with Crippen LogP contribution in [0.5, 0.6) is 0 Å². The maximum absolute atomic E-state index is 11.7. The van der Waals surface area contributed by atoms with Crippen molar-refractivity contribution in [3.63, 3.8) is 0 Å². The molecule has 88 valence electrons. The standard InChI is InChI=1S/C10H19NO3S/c1-7(10(13-2)14-3)11-9(12)8-5-4-6-15-8/h7-8,10H,4-6H2,1-3H3,(H,11,12). The lowest BCUT2D eigenvalue weighted by Gasteiger charge is -2.23. The predicted octanol–water partition coefficient (Wildman–Crippen LogP) is 1.01. The molecule has 0 aromatic rings. The van der Waals surface area contributed by atoms with Gasteiger partial charge in [0, 0.05) is 14.2 Å². The van der Waals surface area contributed by atoms with Gasteiger partial charge in [0.25, 0.3) is 0 Å². The number of thioether (sulfide) groups is 1. The van der Waals surface area contributed by atoms with Crippen molar-refractivity contribution < 1.29 is 14.3 Å². The lowest BCUT2D eigenvalue weighted by Crippen LogP contribution is -2.45. The van der Waals surface area contributed by atoms with Crippen molar-refractivity contribution >= 4 is 17.7 Å². The highest BCUT2D eigenvalue weighted by molar-refractivity contribution is 8.00. The van der Waals surface area contributed by atoms with Crippen LogP contribution in [0.1, 0.15) is 19.8 Å². The second-order valence-corrected chi connectivity index (χ2v) is 4.95. The Hall–Kier alpha value is -0.260. The summed E-state index contributed by atoms with van der Waals surface area (Å²) in [6.07, 6.45) is 1.74. The van der Waals surface area contributed by atoms with Gasteiger partial charge in [0.1, 0.15) is 0 Å². The van der Waals surface area contributed by atoms with Crippen LogP contribution < -0.4 is 5.32 Å². The zero-order valence-corrected chi connectivity index (χ0v) is 10.3. The van der Waals surface area contributed by atoms with Gasteiger partial charge in [0.2, 0.25) is 5.91 Å². The van der Waals surface area contributed by atoms with Crippen molar-refractivity contribution in [1.29, 1.82) is 0 Å². The maximum atomic E-state index is 11.7. The van der Waals surface area contributed by atoms with Crippen LogP contribution in [0.25, 0.3) is 0 Å². The van der Waals surface area contributed by atoms with E-state index in [1.165, 1.54) is 0 Å². The Bertz CT molecular complexity index is 203. The third-order valence-electron chi connectivity index (χ3n) is 2.46. The van der Waals surface area contributed by atoms with Crippen LogP contribution in [0.4, 0.5) is 0 Å². The molecule has 2 unspecified atom stereocenters. The second kappa shape index (κ2) is 6.35. The summed E-state index contributed by atoms with van der Waals surface area (Å²) in [6.45, 7) is 1.88. The Morgan fingerprint density at radius 1 is 1.47 bits per heavy atom. The van der Waals surface area contributed by atoms with Gasteiger partial charge in [-0.25, -0.2) is 0 Å². The molecule has 1 fully saturated rings. The van der Waals surface area contributed by atoms with Crippen LogP contribution in [0.15, 0.2) is 0 Å². The van der Waals surface area contributed by atoms with Crippen LogP contribution in [-0.2, 0) is 14.3 Å². The van der Waals surface area contributed by atoms with Gasteiger partial charge >= 0.3 is 0 Å². The average Bonchev–Trinajstić information content (AvgIpc) is 2.72. The van der Waals surface area contributed by atoms with Gasteiger partial charge in [-0.2, -0.15) is 0 Å². The van der Waals surface area contributed by atoms with Gasteiger partial charge in [0.15, 0.2) is 6.29 Å². The smallest absolute Gasteiger partial charge is 0.233 e. The summed E-state index contributed by atoms with van der Waals surface area (Å²) in [5.74, 6) is 1.19. The lowest BCUT2D eigenvalue weighted by molar-refractivity contribution is -0.135. The molecule has 0 aliphatic carbocycles. The van der Waals surface area contributed by atoms with E-state index in [0.717, 1.165) is 18.6 Å². The second-order valence-electron chi connectivity index (χ2n) is 3.64. The number of methoxy groups -OCH3 is 2. The molecule has 0 spiro atoms. The van der Waals surface area contributed by atoms with Gasteiger partial charge < -0.3 is 14.8 Å². The van der Waals surface area contributed by atoms with Crippen LogP contribution in [-0.4, -0.2) is 43.5 Å². The Morgan fingerprint density at radius 2 is 2.13 bits per heavy atom. The Labute approximate surface area is 95.1 Å². The molecule has 1 aliphatic rings. The van der Waals surface area contributed by atoms with Gasteiger partial charge in [-0.3, -0.25) is 4.79 Å². The molecule has 1 N–H and O–H groups in total. The Morgan fingerprint density at radius 3 is 2.60 bits per heavy atom. The van der Waals surface area contributed by atoms with Crippen molar-refractivity contribution in [3.8, 4) is 0 Å². The fourth-order valence-corrected chi connectivity index (χ4v) is 2.84. The fraction of sp³-hybridized carbons (Fsp3) is 0.900. The van der Waals surface area contributed by atoms with E-state index in [9.17, 15) is 4.79 Å². The van der Waals surface area contributed by atoms with E-state index in [4.69, 9.17) is 9.47 Å². The number of amides is 1. The average molecular weight is 233 g/mol. The largest absolute Gasteiger partial charge is 0.354 e. The molecule has 4 nitrogen and oxygen atoms in total. The highest BCUT2D eigenvalue weighted by Crippen LogP contribution is 2.26. The number of carbonyl (C=O) groups is 1. The summed E-state index contributed by atoms with van der Waals surface area (Å²) in [5, 5.41) is 3.03. The first-order valence-electron chi connectivity index (χ1n) is 5.16. The number of hydrogen-bond acceptors (Lipinski definition) is 4. The van der Waals surface area contributed by atoms with Crippen molar-refractivity contribution in [2.24, 2.45) is 0 Å². The van der Waals surface area contributed by atoms with Crippen molar-refractivity contribution in [2.45, 2.75) is 37.3 Å². The molecule has 0 saturated carbocycles. The molecule has 0 bridgehead atoms. The zero-order valence-electron chi connectivity index (χ0n) is 9.49. The van der Waals surface area contributed by atoms with Gasteiger partial charge in [-0.05, 0) is 25.5 Å². The minimum atomic E-state index is -0.375. The highest BCUT2D eigenvalue weighted by Gasteiger charge is 2.26. The topological polar surface area (TPSA) is 47.6 Å². The molecule has 1 amide bonds. The molecule has 0 aromatic carbocycles. The minimum Gasteiger partial charge on any atom is -0.354 e. The first kappa shape index (κ1) is 12.8. The molecule has 1 saturated heterocycles. The number of hydrogen-bond donors (Lipinski definition) is 1. The number of rotatable bonds is 5. The third-order valence-corrected chi connectivity index (χ3v) is 3.84. The van der Waals surface area contributed by atoms with E-state index in [1.807, 2.05) is 6.92 Å². The summed E-state index contributed by atoms with van der Waals surface area (Å²) in [6, 6.07) is -0.117. The van der Waals surface area contributed by atoms with E-state index in [1.54, 1.807) is 26.0 Å². The maximum Gasteiger partial charge on any atom is 0.233 e. The molecule has 1 aliphatic heterocycles. The minimum absolute atomic E-state index is 0.101. The van der Waals surface area contributed by atoms with Crippen molar-refractivity contribution in [1.82, 2.24) is 5.32 Å². The molecule has 0 radical (unpaired) electrons. The zero-order chi connectivity index (χ0) is 11.3. The Kier molecular flexibility index (Phi) is 5.42.